The average molecular weight is 410 g/mol. The molecule has 1 atom stereocenters. The molecule has 1 unspecified atom stereocenters. The Balaban J connectivity index is 1.78. The Morgan fingerprint density at radius 1 is 1.19 bits per heavy atom. The molecule has 10 heteroatoms. The average Bonchev–Trinajstić information content (AvgIpc) is 3.01. The number of anilines is 2. The highest BCUT2D eigenvalue weighted by Crippen LogP contribution is 2.25. The molecule has 0 fully saturated rings. The highest BCUT2D eigenvalue weighted by molar-refractivity contribution is 7.84. The Morgan fingerprint density at radius 2 is 1.92 bits per heavy atom. The summed E-state index contributed by atoms with van der Waals surface area (Å²) in [4.78, 5) is 16.3. The molecular formula is C16H13Cl2N5O2S. The predicted molar refractivity (Wildman–Crippen MR) is 102 cm³/mol. The summed E-state index contributed by atoms with van der Waals surface area (Å²) < 4.78 is 13.2. The Labute approximate surface area is 161 Å². The van der Waals surface area contributed by atoms with Crippen LogP contribution in [0.5, 0.6) is 0 Å². The van der Waals surface area contributed by atoms with Crippen molar-refractivity contribution in [2.75, 3.05) is 11.1 Å². The van der Waals surface area contributed by atoms with Gasteiger partial charge in [-0.2, -0.15) is 4.98 Å². The molecule has 0 saturated heterocycles. The first-order valence-electron chi connectivity index (χ1n) is 7.35. The van der Waals surface area contributed by atoms with E-state index >= 15 is 0 Å². The molecule has 0 saturated carbocycles. The van der Waals surface area contributed by atoms with Crippen LogP contribution >= 0.6 is 23.2 Å². The largest absolute Gasteiger partial charge is 0.368 e. The van der Waals surface area contributed by atoms with Crippen LogP contribution in [0, 0.1) is 0 Å². The van der Waals surface area contributed by atoms with E-state index in [4.69, 9.17) is 28.9 Å². The van der Waals surface area contributed by atoms with Gasteiger partial charge in [-0.15, -0.1) is 9.78 Å². The van der Waals surface area contributed by atoms with Crippen LogP contribution in [0.4, 0.5) is 16.4 Å². The molecule has 0 aliphatic carbocycles. The lowest BCUT2D eigenvalue weighted by Gasteiger charge is -2.07. The number of nitrogens with two attached hydrogens (primary N) is 1. The fraction of sp³-hybridized carbons (Fsp3) is 0.0625. The molecule has 2 aromatic carbocycles. The minimum Gasteiger partial charge on any atom is -0.368 e. The Kier molecular flexibility index (Phi) is 5.55. The normalized spacial score (nSPS) is 11.9. The molecule has 0 aliphatic rings. The van der Waals surface area contributed by atoms with E-state index in [2.05, 4.69) is 15.4 Å². The maximum Gasteiger partial charge on any atom is 0.349 e. The first-order chi connectivity index (χ1) is 12.4. The summed E-state index contributed by atoms with van der Waals surface area (Å²) in [5.74, 6) is 0.0310. The molecule has 3 N–H and O–H groups in total. The van der Waals surface area contributed by atoms with Crippen molar-refractivity contribution in [2.24, 2.45) is 0 Å². The first-order valence-corrected chi connectivity index (χ1v) is 9.43. The smallest absolute Gasteiger partial charge is 0.349 e. The lowest BCUT2D eigenvalue weighted by Crippen LogP contribution is -2.22. The second-order valence-corrected chi connectivity index (χ2v) is 7.38. The molecule has 0 bridgehead atoms. The summed E-state index contributed by atoms with van der Waals surface area (Å²) in [6, 6.07) is 13.2. The zero-order valence-corrected chi connectivity index (χ0v) is 15.6. The van der Waals surface area contributed by atoms with Crippen LogP contribution in [0.3, 0.4) is 0 Å². The second kappa shape index (κ2) is 7.86. The van der Waals surface area contributed by atoms with Gasteiger partial charge in [0.1, 0.15) is 0 Å². The van der Waals surface area contributed by atoms with E-state index in [1.54, 1.807) is 12.1 Å². The minimum atomic E-state index is -1.55. The number of halogens is 2. The fourth-order valence-corrected chi connectivity index (χ4v) is 3.43. The quantitative estimate of drug-likeness (QED) is 0.685. The summed E-state index contributed by atoms with van der Waals surface area (Å²) in [7, 11) is -1.55. The molecule has 0 radical (unpaired) electrons. The number of benzene rings is 2. The van der Waals surface area contributed by atoms with Gasteiger partial charge in [-0.1, -0.05) is 53.5 Å². The van der Waals surface area contributed by atoms with Crippen molar-refractivity contribution < 1.29 is 9.00 Å². The third-order valence-electron chi connectivity index (χ3n) is 3.32. The van der Waals surface area contributed by atoms with Crippen LogP contribution in [0.2, 0.25) is 10.0 Å². The van der Waals surface area contributed by atoms with Gasteiger partial charge in [0.05, 0.1) is 27.3 Å². The Morgan fingerprint density at radius 3 is 2.65 bits per heavy atom. The summed E-state index contributed by atoms with van der Waals surface area (Å²) >= 11 is 11.9. The number of carbonyl (C=O) groups excluding carboxylic acids is 1. The third kappa shape index (κ3) is 4.21. The summed E-state index contributed by atoms with van der Waals surface area (Å²) in [6.45, 7) is 0. The van der Waals surface area contributed by atoms with E-state index in [1.807, 2.05) is 30.3 Å². The maximum absolute atomic E-state index is 12.4. The third-order valence-corrected chi connectivity index (χ3v) is 5.06. The van der Waals surface area contributed by atoms with Gasteiger partial charge in [-0.25, -0.2) is 4.79 Å². The predicted octanol–water partition coefficient (Wildman–Crippen LogP) is 3.56. The van der Waals surface area contributed by atoms with Crippen LogP contribution in [0.15, 0.2) is 53.7 Å². The van der Waals surface area contributed by atoms with Crippen molar-refractivity contribution in [1.29, 1.82) is 0 Å². The van der Waals surface area contributed by atoms with E-state index in [9.17, 15) is 9.00 Å². The standard InChI is InChI=1S/C16H13Cl2N5O2S/c17-11-6-7-12(18)13(8-11)20-16(24)23-14(19)21-15(22-23)26(25)9-10-4-2-1-3-5-10/h1-8H,9H2,(H,20,24)(H2,19,21,22). The number of nitrogen functional groups attached to an aromatic ring is 1. The first kappa shape index (κ1) is 18.4. The van der Waals surface area contributed by atoms with Gasteiger partial charge in [-0.3, -0.25) is 4.21 Å². The highest BCUT2D eigenvalue weighted by atomic mass is 35.5. The van der Waals surface area contributed by atoms with Crippen molar-refractivity contribution in [3.05, 3.63) is 64.1 Å². The molecular weight excluding hydrogens is 397 g/mol. The van der Waals surface area contributed by atoms with Crippen LogP contribution in [-0.2, 0) is 16.6 Å². The molecule has 7 nitrogen and oxygen atoms in total. The lowest BCUT2D eigenvalue weighted by molar-refractivity contribution is 0.251. The van der Waals surface area contributed by atoms with Gasteiger partial charge in [-0.05, 0) is 23.8 Å². The van der Waals surface area contributed by atoms with Gasteiger partial charge in [0, 0.05) is 5.02 Å². The van der Waals surface area contributed by atoms with Crippen molar-refractivity contribution in [2.45, 2.75) is 10.9 Å². The van der Waals surface area contributed by atoms with Crippen molar-refractivity contribution in [1.82, 2.24) is 14.8 Å². The number of amides is 1. The number of hydrogen-bond acceptors (Lipinski definition) is 5. The SMILES string of the molecule is Nc1nc(S(=O)Cc2ccccc2)nn1C(=O)Nc1cc(Cl)ccc1Cl. The summed E-state index contributed by atoms with van der Waals surface area (Å²) in [5.41, 5.74) is 6.88. The molecule has 3 rings (SSSR count). The van der Waals surface area contributed by atoms with E-state index in [-0.39, 0.29) is 16.9 Å². The van der Waals surface area contributed by atoms with Gasteiger partial charge >= 0.3 is 6.03 Å². The number of rotatable bonds is 4. The highest BCUT2D eigenvalue weighted by Gasteiger charge is 2.19. The van der Waals surface area contributed by atoms with Crippen molar-refractivity contribution in [3.63, 3.8) is 0 Å². The Bertz CT molecular complexity index is 978. The van der Waals surface area contributed by atoms with E-state index < -0.39 is 16.8 Å². The van der Waals surface area contributed by atoms with E-state index in [1.165, 1.54) is 6.07 Å². The number of nitrogens with one attached hydrogen (secondary N) is 1. The van der Waals surface area contributed by atoms with Gasteiger partial charge in [0.15, 0.2) is 0 Å². The van der Waals surface area contributed by atoms with E-state index in [0.717, 1.165) is 10.2 Å². The monoisotopic (exact) mass is 409 g/mol. The Hall–Kier alpha value is -2.42. The van der Waals surface area contributed by atoms with Crippen LogP contribution in [-0.4, -0.2) is 25.0 Å². The number of aromatic nitrogens is 3. The zero-order valence-electron chi connectivity index (χ0n) is 13.2. The van der Waals surface area contributed by atoms with Crippen molar-refractivity contribution in [3.8, 4) is 0 Å². The maximum atomic E-state index is 12.4. The number of hydrogen-bond donors (Lipinski definition) is 2. The molecule has 134 valence electrons. The number of carbonyl (C=O) groups is 1. The van der Waals surface area contributed by atoms with Crippen LogP contribution < -0.4 is 11.1 Å². The zero-order chi connectivity index (χ0) is 18.7. The molecule has 26 heavy (non-hydrogen) atoms. The summed E-state index contributed by atoms with van der Waals surface area (Å²) in [5, 5.41) is 7.16. The van der Waals surface area contributed by atoms with E-state index in [0.29, 0.717) is 15.7 Å². The molecule has 1 amide bonds. The van der Waals surface area contributed by atoms with Crippen LogP contribution in [0.1, 0.15) is 5.56 Å². The number of nitrogens with zero attached hydrogens (tertiary/aromatic N) is 3. The minimum absolute atomic E-state index is 0.0290. The lowest BCUT2D eigenvalue weighted by atomic mass is 10.2. The van der Waals surface area contributed by atoms with Gasteiger partial charge < -0.3 is 11.1 Å². The van der Waals surface area contributed by atoms with Gasteiger partial charge in [0.25, 0.3) is 0 Å². The van der Waals surface area contributed by atoms with Gasteiger partial charge in [0.2, 0.25) is 11.1 Å². The fourth-order valence-electron chi connectivity index (χ4n) is 2.10. The molecule has 0 aliphatic heterocycles. The topological polar surface area (TPSA) is 103 Å². The molecule has 3 aromatic rings. The molecule has 0 spiro atoms. The van der Waals surface area contributed by atoms with Crippen molar-refractivity contribution >= 4 is 51.7 Å². The summed E-state index contributed by atoms with van der Waals surface area (Å²) in [6.07, 6.45) is 0. The second-order valence-electron chi connectivity index (χ2n) is 5.19. The molecule has 1 heterocycles. The van der Waals surface area contributed by atoms with Crippen LogP contribution in [0.25, 0.3) is 0 Å². The molecule has 1 aromatic heterocycles.